The molecule has 4 nitrogen and oxygen atoms in total. The zero-order valence-electron chi connectivity index (χ0n) is 13.6. The van der Waals surface area contributed by atoms with Crippen LogP contribution in [0.5, 0.6) is 0 Å². The van der Waals surface area contributed by atoms with Crippen molar-refractivity contribution in [2.45, 2.75) is 32.2 Å². The van der Waals surface area contributed by atoms with Crippen LogP contribution < -0.4 is 0 Å². The van der Waals surface area contributed by atoms with Crippen LogP contribution in [0.3, 0.4) is 0 Å². The van der Waals surface area contributed by atoms with Crippen LogP contribution in [-0.2, 0) is 16.0 Å². The smallest absolute Gasteiger partial charge is 0.336 e. The van der Waals surface area contributed by atoms with Gasteiger partial charge in [-0.05, 0) is 49.9 Å². The molecule has 0 radical (unpaired) electrons. The Morgan fingerprint density at radius 1 is 1.12 bits per heavy atom. The largest absolute Gasteiger partial charge is 0.464 e. The minimum atomic E-state index is -0.301. The normalized spacial score (nSPS) is 16.4. The molecule has 122 valence electrons. The van der Waals surface area contributed by atoms with Gasteiger partial charge in [0.05, 0.1) is 6.61 Å². The van der Waals surface area contributed by atoms with E-state index in [0.29, 0.717) is 6.61 Å². The maximum absolute atomic E-state index is 11.5. The highest BCUT2D eigenvalue weighted by Crippen LogP contribution is 2.29. The Bertz CT molecular complexity index is 938. The standard InChI is InChI=1S/C20H19NO3/c1-2-23-20(22)19-16(21-19)8-5-6-13-10-11-18-15(12-13)14-7-3-4-9-17(14)24-18/h3-4,7,9-12,19H,2,5-6,8H2,1H3. The molecule has 4 heteroatoms. The first-order chi connectivity index (χ1) is 11.8. The molecule has 1 aromatic heterocycles. The molecule has 0 N–H and O–H groups in total. The van der Waals surface area contributed by atoms with Crippen molar-refractivity contribution >= 4 is 33.6 Å². The van der Waals surface area contributed by atoms with E-state index in [4.69, 9.17) is 9.15 Å². The highest BCUT2D eigenvalue weighted by Gasteiger charge is 2.35. The summed E-state index contributed by atoms with van der Waals surface area (Å²) in [5, 5.41) is 2.32. The molecular weight excluding hydrogens is 302 g/mol. The quantitative estimate of drug-likeness (QED) is 0.636. The Balaban J connectivity index is 1.40. The lowest BCUT2D eigenvalue weighted by molar-refractivity contribution is -0.142. The highest BCUT2D eigenvalue weighted by atomic mass is 16.5. The Hall–Kier alpha value is -2.62. The van der Waals surface area contributed by atoms with Crippen molar-refractivity contribution in [1.82, 2.24) is 0 Å². The maximum atomic E-state index is 11.5. The average molecular weight is 321 g/mol. The van der Waals surface area contributed by atoms with Gasteiger partial charge in [-0.3, -0.25) is 4.99 Å². The number of hydrogen-bond donors (Lipinski definition) is 0. The summed E-state index contributed by atoms with van der Waals surface area (Å²) in [6, 6.07) is 14.2. The van der Waals surface area contributed by atoms with E-state index in [1.54, 1.807) is 0 Å². The number of furan rings is 1. The monoisotopic (exact) mass is 321 g/mol. The number of hydrogen-bond acceptors (Lipinski definition) is 4. The van der Waals surface area contributed by atoms with Gasteiger partial charge >= 0.3 is 5.97 Å². The van der Waals surface area contributed by atoms with Crippen molar-refractivity contribution in [2.24, 2.45) is 4.99 Å². The Kier molecular flexibility index (Phi) is 3.81. The van der Waals surface area contributed by atoms with Gasteiger partial charge < -0.3 is 9.15 Å². The predicted molar refractivity (Wildman–Crippen MR) is 94.5 cm³/mol. The molecule has 0 bridgehead atoms. The van der Waals surface area contributed by atoms with Crippen molar-refractivity contribution < 1.29 is 13.9 Å². The summed E-state index contributed by atoms with van der Waals surface area (Å²) in [6.07, 6.45) is 2.80. The number of carbonyl (C=O) groups is 1. The third-order valence-corrected chi connectivity index (χ3v) is 4.39. The second-order valence-electron chi connectivity index (χ2n) is 6.06. The van der Waals surface area contributed by atoms with E-state index in [9.17, 15) is 4.79 Å². The average Bonchev–Trinajstić information content (AvgIpc) is 3.27. The van der Waals surface area contributed by atoms with Crippen LogP contribution in [0.25, 0.3) is 21.9 Å². The Morgan fingerprint density at radius 2 is 1.96 bits per heavy atom. The van der Waals surface area contributed by atoms with Gasteiger partial charge in [-0.15, -0.1) is 0 Å². The lowest BCUT2D eigenvalue weighted by atomic mass is 10.0. The number of aryl methyl sites for hydroxylation is 1. The van der Waals surface area contributed by atoms with E-state index in [-0.39, 0.29) is 12.0 Å². The Morgan fingerprint density at radius 3 is 2.83 bits per heavy atom. The summed E-state index contributed by atoms with van der Waals surface area (Å²) >= 11 is 0. The van der Waals surface area contributed by atoms with E-state index in [1.165, 1.54) is 5.56 Å². The molecule has 24 heavy (non-hydrogen) atoms. The first-order valence-electron chi connectivity index (χ1n) is 8.39. The molecule has 1 aliphatic heterocycles. The van der Waals surface area contributed by atoms with Gasteiger partial charge in [0.25, 0.3) is 0 Å². The van der Waals surface area contributed by atoms with Crippen molar-refractivity contribution in [3.63, 3.8) is 0 Å². The second-order valence-corrected chi connectivity index (χ2v) is 6.06. The lowest BCUT2D eigenvalue weighted by Crippen LogP contribution is -2.16. The summed E-state index contributed by atoms with van der Waals surface area (Å²) in [5.41, 5.74) is 4.11. The number of para-hydroxylation sites is 1. The number of rotatable bonds is 6. The lowest BCUT2D eigenvalue weighted by Gasteiger charge is -2.01. The molecule has 2 aromatic carbocycles. The third kappa shape index (κ3) is 2.80. The van der Waals surface area contributed by atoms with Gasteiger partial charge in [0.15, 0.2) is 6.04 Å². The second kappa shape index (κ2) is 6.11. The highest BCUT2D eigenvalue weighted by molar-refractivity contribution is 6.16. The maximum Gasteiger partial charge on any atom is 0.336 e. The summed E-state index contributed by atoms with van der Waals surface area (Å²) in [5.74, 6) is -0.209. The summed E-state index contributed by atoms with van der Waals surface area (Å²) in [6.45, 7) is 2.23. The van der Waals surface area contributed by atoms with Crippen molar-refractivity contribution in [2.75, 3.05) is 6.61 Å². The predicted octanol–water partition coefficient (Wildman–Crippen LogP) is 4.30. The fourth-order valence-corrected chi connectivity index (χ4v) is 3.14. The summed E-state index contributed by atoms with van der Waals surface area (Å²) in [4.78, 5) is 15.8. The van der Waals surface area contributed by atoms with Crippen molar-refractivity contribution in [3.05, 3.63) is 48.0 Å². The number of esters is 1. The molecule has 0 amide bonds. The molecule has 4 rings (SSSR count). The van der Waals surface area contributed by atoms with Gasteiger partial charge in [0.2, 0.25) is 0 Å². The van der Waals surface area contributed by atoms with Crippen LogP contribution in [0.1, 0.15) is 25.3 Å². The molecular formula is C20H19NO3. The van der Waals surface area contributed by atoms with E-state index in [0.717, 1.165) is 46.9 Å². The zero-order chi connectivity index (χ0) is 16.5. The first-order valence-corrected chi connectivity index (χ1v) is 8.39. The number of ether oxygens (including phenoxy) is 1. The minimum Gasteiger partial charge on any atom is -0.464 e. The van der Waals surface area contributed by atoms with Crippen molar-refractivity contribution in [1.29, 1.82) is 0 Å². The van der Waals surface area contributed by atoms with Gasteiger partial charge in [0.1, 0.15) is 11.2 Å². The van der Waals surface area contributed by atoms with Gasteiger partial charge in [0, 0.05) is 16.5 Å². The minimum absolute atomic E-state index is 0.209. The Labute approximate surface area is 140 Å². The number of nitrogens with zero attached hydrogens (tertiary/aromatic N) is 1. The van der Waals surface area contributed by atoms with E-state index in [1.807, 2.05) is 31.2 Å². The van der Waals surface area contributed by atoms with Gasteiger partial charge in [-0.1, -0.05) is 24.3 Å². The molecule has 1 atom stereocenters. The first kappa shape index (κ1) is 14.9. The topological polar surface area (TPSA) is 51.8 Å². The number of carbonyl (C=O) groups excluding carboxylic acids is 1. The van der Waals surface area contributed by atoms with Crippen LogP contribution in [-0.4, -0.2) is 24.3 Å². The van der Waals surface area contributed by atoms with Crippen LogP contribution in [0, 0.1) is 0 Å². The number of benzene rings is 2. The SMILES string of the molecule is CCOC(=O)C1N=C1CCCc1ccc2oc3ccccc3c2c1. The van der Waals surface area contributed by atoms with Crippen LogP contribution in [0.2, 0.25) is 0 Å². The fraction of sp³-hybridized carbons (Fsp3) is 0.300. The molecule has 0 spiro atoms. The van der Waals surface area contributed by atoms with E-state index >= 15 is 0 Å². The molecule has 0 aliphatic carbocycles. The summed E-state index contributed by atoms with van der Waals surface area (Å²) in [7, 11) is 0. The van der Waals surface area contributed by atoms with Crippen molar-refractivity contribution in [3.8, 4) is 0 Å². The number of aliphatic imine (C=N–C) groups is 1. The number of fused-ring (bicyclic) bond motifs is 3. The van der Waals surface area contributed by atoms with Crippen LogP contribution >= 0.6 is 0 Å². The fourth-order valence-electron chi connectivity index (χ4n) is 3.14. The molecule has 3 aromatic rings. The molecule has 1 unspecified atom stereocenters. The third-order valence-electron chi connectivity index (χ3n) is 4.39. The summed E-state index contributed by atoms with van der Waals surface area (Å²) < 4.78 is 10.8. The van der Waals surface area contributed by atoms with E-state index in [2.05, 4.69) is 23.2 Å². The van der Waals surface area contributed by atoms with Crippen LogP contribution in [0.4, 0.5) is 0 Å². The molecule has 0 saturated carbocycles. The molecule has 0 saturated heterocycles. The zero-order valence-corrected chi connectivity index (χ0v) is 13.6. The van der Waals surface area contributed by atoms with E-state index < -0.39 is 0 Å². The van der Waals surface area contributed by atoms with Crippen LogP contribution in [0.15, 0.2) is 51.9 Å². The molecule has 0 fully saturated rings. The molecule has 2 heterocycles. The van der Waals surface area contributed by atoms with Gasteiger partial charge in [-0.2, -0.15) is 0 Å². The van der Waals surface area contributed by atoms with Gasteiger partial charge in [-0.25, -0.2) is 4.79 Å². The molecule has 1 aliphatic rings.